The first kappa shape index (κ1) is 32.8. The summed E-state index contributed by atoms with van der Waals surface area (Å²) in [6.45, 7) is 11.6. The summed E-state index contributed by atoms with van der Waals surface area (Å²) in [6, 6.07) is 15.6. The van der Waals surface area contributed by atoms with E-state index in [2.05, 4.69) is 27.1 Å². The number of fused-ring (bicyclic) bond motifs is 1. The predicted molar refractivity (Wildman–Crippen MR) is 182 cm³/mol. The van der Waals surface area contributed by atoms with Gasteiger partial charge in [-0.05, 0) is 93.7 Å². The molecule has 3 aromatic carbocycles. The molecule has 1 saturated heterocycles. The minimum atomic E-state index is -0.628. The van der Waals surface area contributed by atoms with Gasteiger partial charge in [-0.1, -0.05) is 30.7 Å². The van der Waals surface area contributed by atoms with Crippen LogP contribution in [0.4, 0.5) is 26.6 Å². The minimum Gasteiger partial charge on any atom is -0.490 e. The molecule has 1 amide bonds. The number of hydrogen-bond acceptors (Lipinski definition) is 9. The molecule has 2 aliphatic rings. The van der Waals surface area contributed by atoms with Crippen LogP contribution < -0.4 is 29.2 Å². The van der Waals surface area contributed by atoms with E-state index >= 15 is 4.39 Å². The van der Waals surface area contributed by atoms with E-state index in [1.54, 1.807) is 30.3 Å². The number of rotatable bonds is 10. The third-order valence-electron chi connectivity index (χ3n) is 8.44. The maximum atomic E-state index is 15.1. The summed E-state index contributed by atoms with van der Waals surface area (Å²) in [5, 5.41) is 3.06. The molecule has 11 heteroatoms. The van der Waals surface area contributed by atoms with E-state index in [0.717, 1.165) is 54.7 Å². The summed E-state index contributed by atoms with van der Waals surface area (Å²) in [5.41, 5.74) is 3.94. The molecule has 4 aromatic rings. The topological polar surface area (TPSA) is 98.3 Å². The van der Waals surface area contributed by atoms with Crippen molar-refractivity contribution >= 4 is 23.5 Å². The number of carbonyl (C=O) groups excluding carboxylic acids is 1. The van der Waals surface area contributed by atoms with Crippen LogP contribution in [0.5, 0.6) is 23.0 Å². The molecular formula is C37H40FN5O5. The molecule has 0 bridgehead atoms. The number of ether oxygens (including phenoxy) is 4. The molecule has 0 radical (unpaired) electrons. The molecule has 0 aliphatic carbocycles. The van der Waals surface area contributed by atoms with Gasteiger partial charge in [0.2, 0.25) is 5.95 Å². The van der Waals surface area contributed by atoms with Crippen LogP contribution in [0, 0.1) is 32.5 Å². The number of hydrogen-bond donors (Lipinski definition) is 1. The molecule has 3 heterocycles. The van der Waals surface area contributed by atoms with Crippen LogP contribution in [0.3, 0.4) is 0 Å². The van der Waals surface area contributed by atoms with Crippen LogP contribution in [0.2, 0.25) is 0 Å². The van der Waals surface area contributed by atoms with Crippen molar-refractivity contribution in [2.75, 3.05) is 36.5 Å². The fraction of sp³-hybridized carbons (Fsp3) is 0.324. The Morgan fingerprint density at radius 3 is 2.60 bits per heavy atom. The molecule has 1 unspecified atom stereocenters. The molecule has 1 atom stereocenters. The Bertz CT molecular complexity index is 1790. The average Bonchev–Trinajstić information content (AvgIpc) is 3.08. The SMILES string of the molecule is CCN1CCCC(COc2ccc(Nc3nccc(N(Cc4ccc5c(c4)OC=CO5)C(=O)Oc4c(C)cc(C)cc4C)n3)cc2F)C1. The van der Waals surface area contributed by atoms with Gasteiger partial charge in [0.05, 0.1) is 13.2 Å². The van der Waals surface area contributed by atoms with Crippen molar-refractivity contribution in [3.05, 3.63) is 101 Å². The van der Waals surface area contributed by atoms with Gasteiger partial charge in [-0.25, -0.2) is 14.2 Å². The molecule has 0 saturated carbocycles. The van der Waals surface area contributed by atoms with Gasteiger partial charge in [0.15, 0.2) is 23.1 Å². The first-order valence-corrected chi connectivity index (χ1v) is 16.2. The van der Waals surface area contributed by atoms with Gasteiger partial charge in [0.1, 0.15) is 24.1 Å². The first-order valence-electron chi connectivity index (χ1n) is 16.2. The number of aryl methyl sites for hydroxylation is 3. The van der Waals surface area contributed by atoms with Crippen molar-refractivity contribution in [1.82, 2.24) is 14.9 Å². The lowest BCUT2D eigenvalue weighted by Gasteiger charge is -2.31. The highest BCUT2D eigenvalue weighted by Gasteiger charge is 2.24. The Hall–Kier alpha value is -5.16. The number of aromatic nitrogens is 2. The van der Waals surface area contributed by atoms with Crippen LogP contribution in [-0.2, 0) is 6.54 Å². The van der Waals surface area contributed by atoms with Gasteiger partial charge >= 0.3 is 6.09 Å². The number of amides is 1. The van der Waals surface area contributed by atoms with Gasteiger partial charge in [0, 0.05) is 30.4 Å². The second kappa shape index (κ2) is 14.7. The molecule has 6 rings (SSSR count). The summed E-state index contributed by atoms with van der Waals surface area (Å²) < 4.78 is 38.0. The summed E-state index contributed by atoms with van der Waals surface area (Å²) in [6.07, 6.45) is 6.00. The van der Waals surface area contributed by atoms with Gasteiger partial charge in [0.25, 0.3) is 0 Å². The fourth-order valence-corrected chi connectivity index (χ4v) is 6.10. The average molecular weight is 654 g/mol. The number of piperidine rings is 1. The first-order chi connectivity index (χ1) is 23.2. The van der Waals surface area contributed by atoms with Crippen molar-refractivity contribution < 1.29 is 28.1 Å². The van der Waals surface area contributed by atoms with Crippen molar-refractivity contribution in [3.63, 3.8) is 0 Å². The molecule has 2 aliphatic heterocycles. The lowest BCUT2D eigenvalue weighted by Crippen LogP contribution is -2.37. The molecule has 1 aromatic heterocycles. The Morgan fingerprint density at radius 2 is 1.83 bits per heavy atom. The van der Waals surface area contributed by atoms with E-state index in [0.29, 0.717) is 35.5 Å². The van der Waals surface area contributed by atoms with Crippen LogP contribution >= 0.6 is 0 Å². The number of anilines is 3. The molecule has 10 nitrogen and oxygen atoms in total. The zero-order chi connectivity index (χ0) is 33.6. The van der Waals surface area contributed by atoms with Crippen LogP contribution in [-0.4, -0.2) is 47.2 Å². The Labute approximate surface area is 280 Å². The monoisotopic (exact) mass is 653 g/mol. The van der Waals surface area contributed by atoms with Crippen LogP contribution in [0.15, 0.2) is 73.3 Å². The minimum absolute atomic E-state index is 0.108. The highest BCUT2D eigenvalue weighted by Crippen LogP contribution is 2.33. The highest BCUT2D eigenvalue weighted by atomic mass is 19.1. The van der Waals surface area contributed by atoms with E-state index in [1.807, 2.05) is 39.0 Å². The van der Waals surface area contributed by atoms with E-state index in [4.69, 9.17) is 18.9 Å². The largest absolute Gasteiger partial charge is 0.490 e. The highest BCUT2D eigenvalue weighted by molar-refractivity contribution is 5.88. The molecule has 1 fully saturated rings. The maximum absolute atomic E-state index is 15.1. The third kappa shape index (κ3) is 7.86. The molecule has 1 N–H and O–H groups in total. The zero-order valence-corrected chi connectivity index (χ0v) is 27.7. The van der Waals surface area contributed by atoms with Crippen molar-refractivity contribution in [2.24, 2.45) is 5.92 Å². The summed E-state index contributed by atoms with van der Waals surface area (Å²) in [4.78, 5) is 26.6. The quantitative estimate of drug-likeness (QED) is 0.184. The number of benzene rings is 3. The standard InChI is InChI=1S/C37H40FN5O5/c1-5-42-14-6-7-28(21-42)23-47-31-11-9-29(20-30(31)38)40-36-39-13-12-34(41-36)43(22-27-8-10-32-33(19-27)46-16-15-45-32)37(44)48-35-25(3)17-24(2)18-26(35)4/h8-13,15-20,28H,5-7,14,21-23H2,1-4H3,(H,39,40,41). The van der Waals surface area contributed by atoms with Gasteiger partial charge in [-0.15, -0.1) is 0 Å². The summed E-state index contributed by atoms with van der Waals surface area (Å²) in [7, 11) is 0. The summed E-state index contributed by atoms with van der Waals surface area (Å²) >= 11 is 0. The Morgan fingerprint density at radius 1 is 1.04 bits per heavy atom. The molecule has 250 valence electrons. The summed E-state index contributed by atoms with van der Waals surface area (Å²) in [5.74, 6) is 2.12. The van der Waals surface area contributed by atoms with E-state index in [-0.39, 0.29) is 24.1 Å². The predicted octanol–water partition coefficient (Wildman–Crippen LogP) is 7.84. The van der Waals surface area contributed by atoms with Crippen LogP contribution in [0.1, 0.15) is 42.0 Å². The lowest BCUT2D eigenvalue weighted by molar-refractivity contribution is 0.132. The second-order valence-electron chi connectivity index (χ2n) is 12.2. The van der Waals surface area contributed by atoms with Gasteiger partial charge in [-0.2, -0.15) is 4.98 Å². The van der Waals surface area contributed by atoms with E-state index < -0.39 is 11.9 Å². The number of nitrogens with one attached hydrogen (secondary N) is 1. The number of likely N-dealkylation sites (tertiary alicyclic amines) is 1. The van der Waals surface area contributed by atoms with Crippen molar-refractivity contribution in [3.8, 4) is 23.0 Å². The smallest absolute Gasteiger partial charge is 0.421 e. The second-order valence-corrected chi connectivity index (χ2v) is 12.2. The lowest BCUT2D eigenvalue weighted by atomic mass is 9.99. The Kier molecular flexibility index (Phi) is 10.1. The fourth-order valence-electron chi connectivity index (χ4n) is 6.10. The van der Waals surface area contributed by atoms with Crippen LogP contribution in [0.25, 0.3) is 0 Å². The zero-order valence-electron chi connectivity index (χ0n) is 27.7. The Balaban J connectivity index is 1.21. The third-order valence-corrected chi connectivity index (χ3v) is 8.44. The van der Waals surface area contributed by atoms with Gasteiger partial charge in [-0.3, -0.25) is 4.90 Å². The maximum Gasteiger partial charge on any atom is 0.421 e. The van der Waals surface area contributed by atoms with Gasteiger partial charge < -0.3 is 29.2 Å². The molecule has 0 spiro atoms. The molecular weight excluding hydrogens is 613 g/mol. The van der Waals surface area contributed by atoms with E-state index in [9.17, 15) is 4.79 Å². The number of nitrogens with zero attached hydrogens (tertiary/aromatic N) is 4. The molecule has 48 heavy (non-hydrogen) atoms. The number of carbonyl (C=O) groups is 1. The van der Waals surface area contributed by atoms with Crippen molar-refractivity contribution in [2.45, 2.75) is 47.1 Å². The number of halogens is 1. The van der Waals surface area contributed by atoms with Crippen molar-refractivity contribution in [1.29, 1.82) is 0 Å². The van der Waals surface area contributed by atoms with E-state index in [1.165, 1.54) is 29.7 Å². The normalized spacial score (nSPS) is 15.6.